The van der Waals surface area contributed by atoms with Gasteiger partial charge in [0.1, 0.15) is 5.78 Å². The van der Waals surface area contributed by atoms with Crippen molar-refractivity contribution < 1.29 is 9.59 Å². The molecule has 4 rings (SSSR count). The number of allylic oxidation sites excluding steroid dienone is 6. The van der Waals surface area contributed by atoms with Crippen LogP contribution in [0.3, 0.4) is 0 Å². The average molecular weight is 310 g/mol. The van der Waals surface area contributed by atoms with E-state index in [2.05, 4.69) is 32.1 Å². The molecule has 0 bridgehead atoms. The molecule has 0 aromatic heterocycles. The molecule has 0 aromatic rings. The quantitative estimate of drug-likeness (QED) is 0.724. The summed E-state index contributed by atoms with van der Waals surface area (Å²) >= 11 is 0. The molecule has 0 N–H and O–H groups in total. The summed E-state index contributed by atoms with van der Waals surface area (Å²) in [4.78, 5) is 23.9. The maximum Gasteiger partial charge on any atom is 0.178 e. The van der Waals surface area contributed by atoms with Crippen LogP contribution in [0.1, 0.15) is 46.5 Å². The van der Waals surface area contributed by atoms with E-state index in [1.807, 2.05) is 6.08 Å². The first kappa shape index (κ1) is 15.1. The Bertz CT molecular complexity index is 667. The summed E-state index contributed by atoms with van der Waals surface area (Å²) in [5.74, 6) is 2.44. The van der Waals surface area contributed by atoms with E-state index in [-0.39, 0.29) is 22.5 Å². The van der Waals surface area contributed by atoms with Crippen molar-refractivity contribution in [1.82, 2.24) is 0 Å². The van der Waals surface area contributed by atoms with Gasteiger partial charge in [-0.2, -0.15) is 0 Å². The number of ketones is 2. The highest BCUT2D eigenvalue weighted by atomic mass is 16.1. The van der Waals surface area contributed by atoms with Crippen LogP contribution in [-0.4, -0.2) is 11.6 Å². The Morgan fingerprint density at radius 3 is 2.65 bits per heavy atom. The Morgan fingerprint density at radius 1 is 1.13 bits per heavy atom. The van der Waals surface area contributed by atoms with Gasteiger partial charge < -0.3 is 0 Å². The molecule has 0 spiro atoms. The van der Waals surface area contributed by atoms with Crippen molar-refractivity contribution in [2.24, 2.45) is 34.5 Å². The topological polar surface area (TPSA) is 34.1 Å². The van der Waals surface area contributed by atoms with E-state index in [9.17, 15) is 9.59 Å². The second-order valence-corrected chi connectivity index (χ2v) is 8.55. The number of hydrogen-bond acceptors (Lipinski definition) is 2. The molecular weight excluding hydrogens is 284 g/mol. The van der Waals surface area contributed by atoms with E-state index in [4.69, 9.17) is 0 Å². The van der Waals surface area contributed by atoms with Crippen LogP contribution >= 0.6 is 0 Å². The lowest BCUT2D eigenvalue weighted by molar-refractivity contribution is -0.126. The van der Waals surface area contributed by atoms with E-state index in [0.717, 1.165) is 19.3 Å². The average Bonchev–Trinajstić information content (AvgIpc) is 2.85. The predicted molar refractivity (Wildman–Crippen MR) is 90.7 cm³/mol. The highest BCUT2D eigenvalue weighted by molar-refractivity contribution is 6.01. The van der Waals surface area contributed by atoms with Gasteiger partial charge in [0.2, 0.25) is 0 Å². The monoisotopic (exact) mass is 310 g/mol. The third-order valence-electron chi connectivity index (χ3n) is 7.61. The molecule has 4 aliphatic rings. The Hall–Kier alpha value is -1.44. The zero-order valence-corrected chi connectivity index (χ0v) is 14.3. The van der Waals surface area contributed by atoms with Gasteiger partial charge in [-0.25, -0.2) is 0 Å². The molecule has 122 valence electrons. The van der Waals surface area contributed by atoms with Gasteiger partial charge in [-0.3, -0.25) is 9.59 Å². The van der Waals surface area contributed by atoms with Crippen LogP contribution in [0.15, 0.2) is 36.0 Å². The molecule has 0 unspecified atom stereocenters. The van der Waals surface area contributed by atoms with Crippen molar-refractivity contribution in [2.75, 3.05) is 0 Å². The number of fused-ring (bicyclic) bond motifs is 5. The summed E-state index contributed by atoms with van der Waals surface area (Å²) < 4.78 is 0. The largest absolute Gasteiger partial charge is 0.300 e. The van der Waals surface area contributed by atoms with Crippen molar-refractivity contribution >= 4 is 11.6 Å². The first-order chi connectivity index (χ1) is 10.9. The van der Waals surface area contributed by atoms with Crippen LogP contribution in [0.5, 0.6) is 0 Å². The summed E-state index contributed by atoms with van der Waals surface area (Å²) in [6, 6.07) is 0. The molecular formula is C21H26O2. The van der Waals surface area contributed by atoms with Crippen LogP contribution in [-0.2, 0) is 9.59 Å². The third-order valence-corrected chi connectivity index (χ3v) is 7.61. The lowest BCUT2D eigenvalue weighted by Crippen LogP contribution is -2.48. The lowest BCUT2D eigenvalue weighted by atomic mass is 9.49. The van der Waals surface area contributed by atoms with Crippen molar-refractivity contribution in [3.63, 3.8) is 0 Å². The Kier molecular flexibility index (Phi) is 3.14. The molecule has 2 fully saturated rings. The molecule has 0 saturated heterocycles. The van der Waals surface area contributed by atoms with Crippen molar-refractivity contribution in [3.8, 4) is 0 Å². The van der Waals surface area contributed by atoms with Crippen LogP contribution < -0.4 is 0 Å². The number of Topliss-reactive ketones (excluding diaryl/α,β-unsaturated/α-hetero) is 1. The molecule has 2 nitrogen and oxygen atoms in total. The van der Waals surface area contributed by atoms with Gasteiger partial charge in [-0.1, -0.05) is 32.1 Å². The van der Waals surface area contributed by atoms with Crippen LogP contribution in [0.25, 0.3) is 0 Å². The molecule has 2 saturated carbocycles. The van der Waals surface area contributed by atoms with Gasteiger partial charge in [0.05, 0.1) is 0 Å². The van der Waals surface area contributed by atoms with Crippen molar-refractivity contribution in [2.45, 2.75) is 46.5 Å². The summed E-state index contributed by atoms with van der Waals surface area (Å²) in [5.41, 5.74) is 1.34. The lowest BCUT2D eigenvalue weighted by Gasteiger charge is -2.54. The van der Waals surface area contributed by atoms with Gasteiger partial charge in [0, 0.05) is 11.3 Å². The fourth-order valence-corrected chi connectivity index (χ4v) is 6.32. The minimum atomic E-state index is -0.0109. The Morgan fingerprint density at radius 2 is 1.91 bits per heavy atom. The number of rotatable bonds is 1. The normalized spacial score (nSPS) is 47.6. The number of carbonyl (C=O) groups excluding carboxylic acids is 2. The summed E-state index contributed by atoms with van der Waals surface area (Å²) in [6.07, 6.45) is 14.8. The predicted octanol–water partition coefficient (Wildman–Crippen LogP) is 4.28. The Labute approximate surface area is 138 Å². The SMILES string of the molecule is CC(=O)[C@H]1CC[C@H]2[C@@H]3C=CC4=CC(=O)C=C[C@]4(C)[C@H]3CC[C@]12C. The first-order valence-corrected chi connectivity index (χ1v) is 9.00. The third kappa shape index (κ3) is 1.93. The standard InChI is InChI=1S/C21H26O2/c1-13(22)17-6-7-18-16-5-4-14-12-15(23)8-10-20(14,2)19(16)9-11-21(17,18)3/h4-5,8,10,12,16-19H,6-7,9,11H2,1-3H3/t16-,17+,18-,19-,20-,21+/m0/s1. The van der Waals surface area contributed by atoms with E-state index < -0.39 is 0 Å². The fraction of sp³-hybridized carbons (Fsp3) is 0.619. The van der Waals surface area contributed by atoms with Crippen LogP contribution in [0.4, 0.5) is 0 Å². The molecule has 6 atom stereocenters. The first-order valence-electron chi connectivity index (χ1n) is 9.00. The maximum absolute atomic E-state index is 12.1. The molecule has 2 heteroatoms. The smallest absolute Gasteiger partial charge is 0.178 e. The molecule has 0 heterocycles. The van der Waals surface area contributed by atoms with Crippen molar-refractivity contribution in [3.05, 3.63) is 36.0 Å². The Balaban J connectivity index is 1.74. The second-order valence-electron chi connectivity index (χ2n) is 8.55. The number of hydrogen-bond donors (Lipinski definition) is 0. The molecule has 0 aromatic carbocycles. The summed E-state index contributed by atoms with van der Waals surface area (Å²) in [5, 5.41) is 0. The fourth-order valence-electron chi connectivity index (χ4n) is 6.32. The van der Waals surface area contributed by atoms with E-state index in [1.54, 1.807) is 13.0 Å². The molecule has 0 aliphatic heterocycles. The molecule has 23 heavy (non-hydrogen) atoms. The second kappa shape index (κ2) is 4.78. The number of carbonyl (C=O) groups is 2. The highest BCUT2D eigenvalue weighted by Gasteiger charge is 2.58. The van der Waals surface area contributed by atoms with Gasteiger partial charge in [0.15, 0.2) is 5.78 Å². The zero-order chi connectivity index (χ0) is 16.4. The van der Waals surface area contributed by atoms with Gasteiger partial charge in [-0.15, -0.1) is 0 Å². The van der Waals surface area contributed by atoms with Crippen LogP contribution in [0.2, 0.25) is 0 Å². The van der Waals surface area contributed by atoms with Gasteiger partial charge >= 0.3 is 0 Å². The summed E-state index contributed by atoms with van der Waals surface area (Å²) in [6.45, 7) is 6.43. The van der Waals surface area contributed by atoms with Crippen LogP contribution in [0, 0.1) is 34.5 Å². The summed E-state index contributed by atoms with van der Waals surface area (Å²) in [7, 11) is 0. The van der Waals surface area contributed by atoms with Crippen molar-refractivity contribution in [1.29, 1.82) is 0 Å². The molecule has 0 amide bonds. The zero-order valence-electron chi connectivity index (χ0n) is 14.3. The van der Waals surface area contributed by atoms with Gasteiger partial charge in [-0.05, 0) is 73.5 Å². The highest BCUT2D eigenvalue weighted by Crippen LogP contribution is 2.64. The van der Waals surface area contributed by atoms with E-state index in [1.165, 1.54) is 12.0 Å². The maximum atomic E-state index is 12.1. The minimum Gasteiger partial charge on any atom is -0.300 e. The van der Waals surface area contributed by atoms with Gasteiger partial charge in [0.25, 0.3) is 0 Å². The van der Waals surface area contributed by atoms with E-state index in [0.29, 0.717) is 23.5 Å². The molecule has 4 aliphatic carbocycles. The van der Waals surface area contributed by atoms with E-state index >= 15 is 0 Å². The molecule has 0 radical (unpaired) electrons. The minimum absolute atomic E-state index is 0.0109.